The number of amides is 1. The number of phenols is 1. The second kappa shape index (κ2) is 7.08. The first-order valence-corrected chi connectivity index (χ1v) is 7.77. The molecule has 0 fully saturated rings. The summed E-state index contributed by atoms with van der Waals surface area (Å²) in [5, 5.41) is 12.3. The number of aromatic hydroxyl groups is 1. The lowest BCUT2D eigenvalue weighted by atomic mass is 10.2. The van der Waals surface area contributed by atoms with Gasteiger partial charge in [0.05, 0.1) is 11.3 Å². The molecule has 0 aliphatic carbocycles. The van der Waals surface area contributed by atoms with Gasteiger partial charge in [0.1, 0.15) is 5.75 Å². The van der Waals surface area contributed by atoms with Crippen molar-refractivity contribution in [2.24, 2.45) is 0 Å². The minimum absolute atomic E-state index is 0.0961. The third kappa shape index (κ3) is 4.31. The van der Waals surface area contributed by atoms with Crippen molar-refractivity contribution in [3.8, 4) is 5.75 Å². The van der Waals surface area contributed by atoms with Crippen molar-refractivity contribution in [1.82, 2.24) is 0 Å². The Labute approximate surface area is 137 Å². The Morgan fingerprint density at radius 2 is 1.95 bits per heavy atom. The molecule has 2 aromatic carbocycles. The number of benzene rings is 2. The summed E-state index contributed by atoms with van der Waals surface area (Å²) >= 11 is 2.37. The summed E-state index contributed by atoms with van der Waals surface area (Å²) in [6, 6.07) is 10.9. The molecule has 7 heteroatoms. The maximum atomic E-state index is 12.5. The molecule has 0 heterocycles. The number of rotatable bonds is 4. The van der Waals surface area contributed by atoms with Crippen molar-refractivity contribution in [2.45, 2.75) is 10.7 Å². The van der Waals surface area contributed by atoms with Crippen LogP contribution >= 0.6 is 34.4 Å². The average Bonchev–Trinajstić information content (AvgIpc) is 2.43. The Hall–Kier alpha value is -1.35. The van der Waals surface area contributed by atoms with Crippen LogP contribution in [-0.2, 0) is 0 Å². The first-order chi connectivity index (χ1) is 9.97. The van der Waals surface area contributed by atoms with Crippen LogP contribution in [0.5, 0.6) is 5.75 Å². The van der Waals surface area contributed by atoms with Crippen LogP contribution in [0.2, 0.25) is 0 Å². The zero-order valence-electron chi connectivity index (χ0n) is 10.5. The summed E-state index contributed by atoms with van der Waals surface area (Å²) < 4.78 is 25.8. The number of anilines is 1. The van der Waals surface area contributed by atoms with Crippen LogP contribution in [0.25, 0.3) is 0 Å². The van der Waals surface area contributed by atoms with E-state index < -0.39 is 11.7 Å². The fourth-order valence-electron chi connectivity index (χ4n) is 1.65. The van der Waals surface area contributed by atoms with Gasteiger partial charge in [-0.3, -0.25) is 4.79 Å². The number of thioether (sulfide) groups is 1. The van der Waals surface area contributed by atoms with Gasteiger partial charge in [-0.15, -0.1) is 0 Å². The Kier molecular flexibility index (Phi) is 5.40. The summed E-state index contributed by atoms with van der Waals surface area (Å²) in [6.45, 7) is 0. The number of phenolic OH excluding ortho intramolecular Hbond substituents is 1. The van der Waals surface area contributed by atoms with E-state index in [4.69, 9.17) is 0 Å². The number of hydrogen-bond donors (Lipinski definition) is 2. The highest BCUT2D eigenvalue weighted by Gasteiger charge is 2.15. The molecule has 2 rings (SSSR count). The molecule has 110 valence electrons. The number of carbonyl (C=O) groups excluding carboxylic acids is 1. The molecule has 0 aromatic heterocycles. The predicted octanol–water partition coefficient (Wildman–Crippen LogP) is 4.56. The highest BCUT2D eigenvalue weighted by molar-refractivity contribution is 14.1. The van der Waals surface area contributed by atoms with Crippen LogP contribution in [0.3, 0.4) is 0 Å². The zero-order chi connectivity index (χ0) is 15.4. The van der Waals surface area contributed by atoms with Crippen LogP contribution in [0, 0.1) is 3.57 Å². The molecule has 0 bridgehead atoms. The highest BCUT2D eigenvalue weighted by Crippen LogP contribution is 2.32. The Balaban J connectivity index is 2.25. The van der Waals surface area contributed by atoms with E-state index in [-0.39, 0.29) is 21.9 Å². The van der Waals surface area contributed by atoms with Gasteiger partial charge >= 0.3 is 0 Å². The molecule has 0 spiro atoms. The monoisotopic (exact) mass is 421 g/mol. The quantitative estimate of drug-likeness (QED) is 0.562. The van der Waals surface area contributed by atoms with Crippen molar-refractivity contribution in [1.29, 1.82) is 0 Å². The summed E-state index contributed by atoms with van der Waals surface area (Å²) in [5.41, 5.74) is 0.379. The van der Waals surface area contributed by atoms with E-state index in [9.17, 15) is 18.7 Å². The predicted molar refractivity (Wildman–Crippen MR) is 87.1 cm³/mol. The third-order valence-corrected chi connectivity index (χ3v) is 4.01. The molecule has 0 aliphatic heterocycles. The molecule has 0 atom stereocenters. The third-order valence-electron chi connectivity index (χ3n) is 2.55. The van der Waals surface area contributed by atoms with Gasteiger partial charge < -0.3 is 10.4 Å². The SMILES string of the molecule is O=C(Nc1ccccc1SC(F)F)c1cc(I)ccc1O. The summed E-state index contributed by atoms with van der Waals surface area (Å²) in [6.07, 6.45) is 0. The topological polar surface area (TPSA) is 49.3 Å². The molecule has 21 heavy (non-hydrogen) atoms. The van der Waals surface area contributed by atoms with Crippen LogP contribution in [0.4, 0.5) is 14.5 Å². The summed E-state index contributed by atoms with van der Waals surface area (Å²) in [5.74, 6) is -3.28. The van der Waals surface area contributed by atoms with Gasteiger partial charge in [0, 0.05) is 8.47 Å². The Bertz CT molecular complexity index is 667. The minimum Gasteiger partial charge on any atom is -0.507 e. The maximum absolute atomic E-state index is 12.5. The molecule has 1 amide bonds. The van der Waals surface area contributed by atoms with E-state index >= 15 is 0 Å². The van der Waals surface area contributed by atoms with Gasteiger partial charge in [-0.1, -0.05) is 23.9 Å². The van der Waals surface area contributed by atoms with E-state index in [1.807, 2.05) is 22.6 Å². The van der Waals surface area contributed by atoms with E-state index in [1.54, 1.807) is 18.2 Å². The summed E-state index contributed by atoms with van der Waals surface area (Å²) in [4.78, 5) is 12.4. The van der Waals surface area contributed by atoms with Crippen molar-refractivity contribution in [2.75, 3.05) is 5.32 Å². The standard InChI is InChI=1S/C14H10F2INO2S/c15-14(16)21-12-4-2-1-3-10(12)18-13(20)9-7-8(17)5-6-11(9)19/h1-7,14,19H,(H,18,20). The zero-order valence-corrected chi connectivity index (χ0v) is 13.5. The molecule has 0 unspecified atom stereocenters. The molecule has 3 nitrogen and oxygen atoms in total. The van der Waals surface area contributed by atoms with E-state index in [0.29, 0.717) is 11.8 Å². The van der Waals surface area contributed by atoms with Gasteiger partial charge in [0.2, 0.25) is 0 Å². The van der Waals surface area contributed by atoms with Gasteiger partial charge in [-0.05, 0) is 52.9 Å². The smallest absolute Gasteiger partial charge is 0.288 e. The van der Waals surface area contributed by atoms with E-state index in [0.717, 1.165) is 3.57 Å². The number of para-hydroxylation sites is 1. The van der Waals surface area contributed by atoms with Gasteiger partial charge in [-0.25, -0.2) is 0 Å². The Morgan fingerprint density at radius 1 is 1.24 bits per heavy atom. The number of nitrogens with one attached hydrogen (secondary N) is 1. The van der Waals surface area contributed by atoms with Crippen molar-refractivity contribution >= 4 is 45.9 Å². The van der Waals surface area contributed by atoms with Gasteiger partial charge in [0.25, 0.3) is 11.7 Å². The molecule has 0 saturated carbocycles. The first kappa shape index (κ1) is 16.0. The minimum atomic E-state index is -2.57. The lowest BCUT2D eigenvalue weighted by Gasteiger charge is -2.11. The van der Waals surface area contributed by atoms with E-state index in [1.165, 1.54) is 24.3 Å². The molecule has 0 radical (unpaired) electrons. The first-order valence-electron chi connectivity index (χ1n) is 5.81. The molecule has 2 N–H and O–H groups in total. The second-order valence-corrected chi connectivity index (χ2v) is 6.27. The second-order valence-electron chi connectivity index (χ2n) is 3.99. The van der Waals surface area contributed by atoms with Crippen molar-refractivity contribution in [3.63, 3.8) is 0 Å². The number of carbonyl (C=O) groups is 1. The van der Waals surface area contributed by atoms with Crippen molar-refractivity contribution < 1.29 is 18.7 Å². The molecule has 0 aliphatic rings. The summed E-state index contributed by atoms with van der Waals surface area (Å²) in [7, 11) is 0. The van der Waals surface area contributed by atoms with Crippen LogP contribution in [-0.4, -0.2) is 16.8 Å². The van der Waals surface area contributed by atoms with Crippen LogP contribution < -0.4 is 5.32 Å². The lowest BCUT2D eigenvalue weighted by molar-refractivity contribution is 0.102. The number of alkyl halides is 2. The van der Waals surface area contributed by atoms with Crippen molar-refractivity contribution in [3.05, 3.63) is 51.6 Å². The van der Waals surface area contributed by atoms with Gasteiger partial charge in [-0.2, -0.15) is 8.78 Å². The van der Waals surface area contributed by atoms with Crippen LogP contribution in [0.1, 0.15) is 10.4 Å². The van der Waals surface area contributed by atoms with Crippen LogP contribution in [0.15, 0.2) is 47.4 Å². The molecular formula is C14H10F2INO2S. The maximum Gasteiger partial charge on any atom is 0.288 e. The molecule has 2 aromatic rings. The van der Waals surface area contributed by atoms with Gasteiger partial charge in [0.15, 0.2) is 0 Å². The molecular weight excluding hydrogens is 411 g/mol. The Morgan fingerprint density at radius 3 is 2.67 bits per heavy atom. The van der Waals surface area contributed by atoms with E-state index in [2.05, 4.69) is 5.32 Å². The number of hydrogen-bond acceptors (Lipinski definition) is 3. The highest BCUT2D eigenvalue weighted by atomic mass is 127. The molecule has 0 saturated heterocycles. The largest absolute Gasteiger partial charge is 0.507 e. The number of halogens is 3. The lowest BCUT2D eigenvalue weighted by Crippen LogP contribution is -2.13. The normalized spacial score (nSPS) is 10.7. The fraction of sp³-hybridized carbons (Fsp3) is 0.0714. The average molecular weight is 421 g/mol. The fourth-order valence-corrected chi connectivity index (χ4v) is 2.73.